The van der Waals surface area contributed by atoms with Crippen LogP contribution in [0.3, 0.4) is 0 Å². The fourth-order valence-corrected chi connectivity index (χ4v) is 4.32. The molecule has 0 bridgehead atoms. The van der Waals surface area contributed by atoms with Gasteiger partial charge in [0.1, 0.15) is 17.1 Å². The van der Waals surface area contributed by atoms with E-state index in [0.29, 0.717) is 24.4 Å². The van der Waals surface area contributed by atoms with Crippen LogP contribution in [0.5, 0.6) is 11.5 Å². The molecule has 1 fully saturated rings. The second kappa shape index (κ2) is 9.09. The van der Waals surface area contributed by atoms with Crippen LogP contribution in [0.25, 0.3) is 27.7 Å². The van der Waals surface area contributed by atoms with Crippen molar-refractivity contribution < 1.29 is 23.4 Å². The molecule has 2 unspecified atom stereocenters. The molecule has 6 nitrogen and oxygen atoms in total. The number of methoxy groups -OCH3 is 2. The second-order valence-corrected chi connectivity index (χ2v) is 8.23. The topological polar surface area (TPSA) is 61.1 Å². The van der Waals surface area contributed by atoms with E-state index in [1.165, 1.54) is 0 Å². The predicted octanol–water partition coefficient (Wildman–Crippen LogP) is 5.16. The molecule has 1 aliphatic heterocycles. The van der Waals surface area contributed by atoms with E-state index in [0.717, 1.165) is 33.4 Å². The van der Waals surface area contributed by atoms with Gasteiger partial charge in [-0.15, -0.1) is 0 Å². The number of furan rings is 1. The molecule has 32 heavy (non-hydrogen) atoms. The average Bonchev–Trinajstić information content (AvgIpc) is 3.20. The fraction of sp³-hybridized carbons (Fsp3) is 0.346. The van der Waals surface area contributed by atoms with Crippen molar-refractivity contribution >= 4 is 22.4 Å². The minimum Gasteiger partial charge on any atom is -0.496 e. The van der Waals surface area contributed by atoms with E-state index in [4.69, 9.17) is 18.6 Å². The Hall–Kier alpha value is -3.25. The van der Waals surface area contributed by atoms with E-state index in [-0.39, 0.29) is 18.1 Å². The molecule has 0 saturated carbocycles. The number of morpholine rings is 1. The maximum atomic E-state index is 13.0. The summed E-state index contributed by atoms with van der Waals surface area (Å²) in [6, 6.07) is 11.7. The van der Waals surface area contributed by atoms with E-state index in [9.17, 15) is 4.79 Å². The van der Waals surface area contributed by atoms with Gasteiger partial charge in [-0.05, 0) is 38.5 Å². The van der Waals surface area contributed by atoms with Gasteiger partial charge in [0, 0.05) is 47.3 Å². The number of hydrogen-bond donors (Lipinski definition) is 0. The van der Waals surface area contributed by atoms with Gasteiger partial charge in [-0.25, -0.2) is 0 Å². The Labute approximate surface area is 188 Å². The van der Waals surface area contributed by atoms with Crippen molar-refractivity contribution in [3.8, 4) is 22.6 Å². The number of ether oxygens (including phenoxy) is 3. The van der Waals surface area contributed by atoms with Gasteiger partial charge in [-0.1, -0.05) is 18.2 Å². The molecule has 1 saturated heterocycles. The fourth-order valence-electron chi connectivity index (χ4n) is 4.32. The monoisotopic (exact) mass is 435 g/mol. The summed E-state index contributed by atoms with van der Waals surface area (Å²) in [7, 11) is 3.27. The van der Waals surface area contributed by atoms with Crippen LogP contribution in [0.1, 0.15) is 26.3 Å². The van der Waals surface area contributed by atoms with E-state index in [2.05, 4.69) is 0 Å². The molecule has 4 rings (SSSR count). The van der Waals surface area contributed by atoms with Crippen molar-refractivity contribution in [3.05, 3.63) is 54.3 Å². The molecule has 3 aromatic rings. The van der Waals surface area contributed by atoms with E-state index in [1.54, 1.807) is 26.6 Å². The third-order valence-electron chi connectivity index (χ3n) is 5.79. The average molecular weight is 436 g/mol. The molecule has 6 heteroatoms. The standard InChI is InChI=1S/C26H29NO5/c1-16(10-26(28)27-13-17(2)32-18(3)14-27)20-11-21-22(15-31-25(21)12-24(20)30-5)19-8-6-7-9-23(19)29-4/h6-12,15,17-18H,13-14H2,1-5H3/b16-10+. The Kier molecular flexibility index (Phi) is 6.24. The molecule has 0 spiro atoms. The first kappa shape index (κ1) is 22.0. The second-order valence-electron chi connectivity index (χ2n) is 8.23. The van der Waals surface area contributed by atoms with Gasteiger partial charge in [0.25, 0.3) is 0 Å². The van der Waals surface area contributed by atoms with Crippen molar-refractivity contribution in [1.29, 1.82) is 0 Å². The lowest BCUT2D eigenvalue weighted by molar-refractivity contribution is -0.137. The van der Waals surface area contributed by atoms with Gasteiger partial charge in [-0.2, -0.15) is 0 Å². The highest BCUT2D eigenvalue weighted by Gasteiger charge is 2.25. The number of carbonyl (C=O) groups is 1. The molecule has 0 N–H and O–H groups in total. The van der Waals surface area contributed by atoms with Gasteiger partial charge >= 0.3 is 0 Å². The molecular formula is C26H29NO5. The smallest absolute Gasteiger partial charge is 0.247 e. The van der Waals surface area contributed by atoms with Crippen LogP contribution in [-0.4, -0.2) is 50.3 Å². The predicted molar refractivity (Wildman–Crippen MR) is 125 cm³/mol. The van der Waals surface area contributed by atoms with Crippen LogP contribution in [0.4, 0.5) is 0 Å². The summed E-state index contributed by atoms with van der Waals surface area (Å²) in [6.45, 7) is 7.08. The molecule has 1 amide bonds. The highest BCUT2D eigenvalue weighted by Crippen LogP contribution is 2.40. The summed E-state index contributed by atoms with van der Waals surface area (Å²) in [5.41, 5.74) is 4.25. The van der Waals surface area contributed by atoms with Crippen LogP contribution in [0.15, 0.2) is 53.2 Å². The van der Waals surface area contributed by atoms with Crippen LogP contribution in [0, 0.1) is 0 Å². The molecule has 2 aromatic carbocycles. The molecule has 0 radical (unpaired) electrons. The summed E-state index contributed by atoms with van der Waals surface area (Å²) >= 11 is 0. The minimum absolute atomic E-state index is 0.0243. The number of fused-ring (bicyclic) bond motifs is 1. The number of para-hydroxylation sites is 1. The lowest BCUT2D eigenvalue weighted by Gasteiger charge is -2.34. The molecule has 0 aliphatic carbocycles. The summed E-state index contributed by atoms with van der Waals surface area (Å²) in [6.07, 6.45) is 3.46. The van der Waals surface area contributed by atoms with Crippen molar-refractivity contribution in [2.75, 3.05) is 27.3 Å². The Balaban J connectivity index is 1.74. The van der Waals surface area contributed by atoms with E-state index >= 15 is 0 Å². The molecule has 168 valence electrons. The summed E-state index contributed by atoms with van der Waals surface area (Å²) < 4.78 is 22.8. The Bertz CT molecular complexity index is 1150. The zero-order valence-electron chi connectivity index (χ0n) is 19.2. The number of benzene rings is 2. The third-order valence-corrected chi connectivity index (χ3v) is 5.79. The Morgan fingerprint density at radius 2 is 1.72 bits per heavy atom. The minimum atomic E-state index is -0.0243. The van der Waals surface area contributed by atoms with Crippen molar-refractivity contribution in [1.82, 2.24) is 4.90 Å². The number of allylic oxidation sites excluding steroid dienone is 1. The number of nitrogens with zero attached hydrogens (tertiary/aromatic N) is 1. The lowest BCUT2D eigenvalue weighted by atomic mass is 9.98. The zero-order valence-corrected chi connectivity index (χ0v) is 19.2. The Morgan fingerprint density at radius 1 is 1.03 bits per heavy atom. The largest absolute Gasteiger partial charge is 0.496 e. The molecule has 1 aromatic heterocycles. The number of amides is 1. The van der Waals surface area contributed by atoms with Crippen LogP contribution in [-0.2, 0) is 9.53 Å². The normalized spacial score (nSPS) is 19.3. The van der Waals surface area contributed by atoms with Gasteiger partial charge in [0.05, 0.1) is 32.7 Å². The van der Waals surface area contributed by atoms with Crippen molar-refractivity contribution in [3.63, 3.8) is 0 Å². The first-order chi connectivity index (χ1) is 15.4. The molecular weight excluding hydrogens is 406 g/mol. The molecule has 2 heterocycles. The van der Waals surface area contributed by atoms with E-state index < -0.39 is 0 Å². The SMILES string of the molecule is COc1cc2occ(-c3ccccc3OC)c2cc1/C(C)=C/C(=O)N1CC(C)OC(C)C1. The zero-order chi connectivity index (χ0) is 22.8. The maximum Gasteiger partial charge on any atom is 0.247 e. The third kappa shape index (κ3) is 4.23. The van der Waals surface area contributed by atoms with Gasteiger partial charge < -0.3 is 23.5 Å². The van der Waals surface area contributed by atoms with Gasteiger partial charge in [0.2, 0.25) is 5.91 Å². The van der Waals surface area contributed by atoms with Crippen LogP contribution in [0.2, 0.25) is 0 Å². The summed E-state index contributed by atoms with van der Waals surface area (Å²) in [5.74, 6) is 1.40. The summed E-state index contributed by atoms with van der Waals surface area (Å²) in [4.78, 5) is 14.8. The van der Waals surface area contributed by atoms with Crippen molar-refractivity contribution in [2.45, 2.75) is 33.0 Å². The first-order valence-electron chi connectivity index (χ1n) is 10.8. The number of rotatable bonds is 5. The highest BCUT2D eigenvalue weighted by atomic mass is 16.5. The van der Waals surface area contributed by atoms with Crippen molar-refractivity contribution in [2.24, 2.45) is 0 Å². The van der Waals surface area contributed by atoms with Gasteiger partial charge in [-0.3, -0.25) is 4.79 Å². The summed E-state index contributed by atoms with van der Waals surface area (Å²) in [5, 5.41) is 0.930. The lowest BCUT2D eigenvalue weighted by Crippen LogP contribution is -2.47. The number of carbonyl (C=O) groups excluding carboxylic acids is 1. The highest BCUT2D eigenvalue weighted by molar-refractivity contribution is 6.01. The Morgan fingerprint density at radius 3 is 2.41 bits per heavy atom. The number of hydrogen-bond acceptors (Lipinski definition) is 5. The first-order valence-corrected chi connectivity index (χ1v) is 10.8. The van der Waals surface area contributed by atoms with Crippen LogP contribution >= 0.6 is 0 Å². The van der Waals surface area contributed by atoms with Gasteiger partial charge in [0.15, 0.2) is 0 Å². The van der Waals surface area contributed by atoms with E-state index in [1.807, 2.05) is 62.1 Å². The molecule has 1 aliphatic rings. The molecule has 2 atom stereocenters. The quantitative estimate of drug-likeness (QED) is 0.518. The maximum absolute atomic E-state index is 13.0. The van der Waals surface area contributed by atoms with Crippen LogP contribution < -0.4 is 9.47 Å².